The van der Waals surface area contributed by atoms with E-state index in [1.54, 1.807) is 12.1 Å². The summed E-state index contributed by atoms with van der Waals surface area (Å²) in [6.07, 6.45) is 2.64. The molecule has 3 aromatic rings. The average Bonchev–Trinajstić information content (AvgIpc) is 2.73. The van der Waals surface area contributed by atoms with Crippen LogP contribution in [0.4, 0.5) is 11.5 Å². The Hall–Kier alpha value is -3.45. The normalized spacial score (nSPS) is 11.6. The van der Waals surface area contributed by atoms with E-state index in [9.17, 15) is 9.90 Å². The fourth-order valence-corrected chi connectivity index (χ4v) is 2.84. The van der Waals surface area contributed by atoms with Gasteiger partial charge in [-0.25, -0.2) is 9.97 Å². The summed E-state index contributed by atoms with van der Waals surface area (Å²) in [5, 5.41) is 16.5. The first-order valence-electron chi connectivity index (χ1n) is 8.93. The SMILES string of the molecule is C=CC(=O)Nc1cc2c(N[C@H](CO)c3ccccc3)ncnc2cc1OCC. The predicted molar refractivity (Wildman–Crippen MR) is 109 cm³/mol. The highest BCUT2D eigenvalue weighted by atomic mass is 16.5. The summed E-state index contributed by atoms with van der Waals surface area (Å²) in [5.41, 5.74) is 2.09. The Morgan fingerprint density at radius 3 is 2.75 bits per heavy atom. The van der Waals surface area contributed by atoms with Crippen molar-refractivity contribution in [2.45, 2.75) is 13.0 Å². The molecule has 0 radical (unpaired) electrons. The zero-order chi connectivity index (χ0) is 19.9. The Morgan fingerprint density at radius 2 is 2.07 bits per heavy atom. The van der Waals surface area contributed by atoms with E-state index >= 15 is 0 Å². The van der Waals surface area contributed by atoms with Crippen LogP contribution in [0, 0.1) is 0 Å². The van der Waals surface area contributed by atoms with E-state index in [0.717, 1.165) is 5.56 Å². The first kappa shape index (κ1) is 19.3. The molecule has 1 atom stereocenters. The number of carbonyl (C=O) groups is 1. The second-order valence-electron chi connectivity index (χ2n) is 6.00. The van der Waals surface area contributed by atoms with Crippen LogP contribution in [0.5, 0.6) is 5.75 Å². The first-order valence-corrected chi connectivity index (χ1v) is 8.93. The predicted octanol–water partition coefficient (Wildman–Crippen LogP) is 3.30. The molecule has 0 saturated carbocycles. The van der Waals surface area contributed by atoms with Crippen molar-refractivity contribution in [2.24, 2.45) is 0 Å². The lowest BCUT2D eigenvalue weighted by Crippen LogP contribution is -2.16. The minimum atomic E-state index is -0.343. The number of aliphatic hydroxyl groups excluding tert-OH is 1. The molecule has 2 aromatic carbocycles. The first-order chi connectivity index (χ1) is 13.7. The van der Waals surface area contributed by atoms with E-state index in [1.165, 1.54) is 12.4 Å². The van der Waals surface area contributed by atoms with Crippen molar-refractivity contribution >= 4 is 28.3 Å². The summed E-state index contributed by atoms with van der Waals surface area (Å²) in [5.74, 6) is 0.714. The molecule has 0 aliphatic carbocycles. The molecule has 0 bridgehead atoms. The molecule has 0 aliphatic rings. The lowest BCUT2D eigenvalue weighted by molar-refractivity contribution is -0.111. The maximum Gasteiger partial charge on any atom is 0.247 e. The van der Waals surface area contributed by atoms with Crippen LogP contribution in [0.15, 0.2) is 61.4 Å². The molecule has 144 valence electrons. The Morgan fingerprint density at radius 1 is 1.29 bits per heavy atom. The summed E-state index contributed by atoms with van der Waals surface area (Å²) in [4.78, 5) is 20.4. The van der Waals surface area contributed by atoms with Crippen molar-refractivity contribution in [1.82, 2.24) is 9.97 Å². The van der Waals surface area contributed by atoms with Gasteiger partial charge < -0.3 is 20.5 Å². The molecule has 1 heterocycles. The smallest absolute Gasteiger partial charge is 0.247 e. The summed E-state index contributed by atoms with van der Waals surface area (Å²) >= 11 is 0. The fourth-order valence-electron chi connectivity index (χ4n) is 2.84. The standard InChI is InChI=1S/C21H22N4O3/c1-3-20(27)24-17-10-15-16(11-19(17)28-4-2)22-13-23-21(15)25-18(12-26)14-8-6-5-7-9-14/h3,5-11,13,18,26H,1,4,12H2,2H3,(H,24,27)(H,22,23,25)/t18-/m1/s1. The minimum Gasteiger partial charge on any atom is -0.492 e. The summed E-state index contributed by atoms with van der Waals surface area (Å²) in [6.45, 7) is 5.68. The number of hydrogen-bond acceptors (Lipinski definition) is 6. The highest BCUT2D eigenvalue weighted by molar-refractivity contribution is 6.03. The third-order valence-corrected chi connectivity index (χ3v) is 4.18. The summed E-state index contributed by atoms with van der Waals surface area (Å²) in [7, 11) is 0. The molecular formula is C21H22N4O3. The third kappa shape index (κ3) is 4.27. The Bertz CT molecular complexity index is 976. The largest absolute Gasteiger partial charge is 0.492 e. The molecule has 0 saturated heterocycles. The molecule has 28 heavy (non-hydrogen) atoms. The van der Waals surface area contributed by atoms with Crippen molar-refractivity contribution in [2.75, 3.05) is 23.8 Å². The monoisotopic (exact) mass is 378 g/mol. The number of aliphatic hydroxyl groups is 1. The topological polar surface area (TPSA) is 96.4 Å². The average molecular weight is 378 g/mol. The fraction of sp³-hybridized carbons (Fsp3) is 0.190. The van der Waals surface area contributed by atoms with Gasteiger partial charge in [0.2, 0.25) is 5.91 Å². The van der Waals surface area contributed by atoms with Gasteiger partial charge in [0, 0.05) is 11.5 Å². The number of hydrogen-bond donors (Lipinski definition) is 3. The second kappa shape index (κ2) is 8.96. The van der Waals surface area contributed by atoms with E-state index in [2.05, 4.69) is 27.2 Å². The van der Waals surface area contributed by atoms with Crippen LogP contribution in [0.1, 0.15) is 18.5 Å². The van der Waals surface area contributed by atoms with Crippen LogP contribution in [-0.4, -0.2) is 34.2 Å². The quantitative estimate of drug-likeness (QED) is 0.521. The number of ether oxygens (including phenoxy) is 1. The third-order valence-electron chi connectivity index (χ3n) is 4.18. The van der Waals surface area contributed by atoms with Crippen molar-refractivity contribution in [1.29, 1.82) is 0 Å². The maximum atomic E-state index is 11.8. The van der Waals surface area contributed by atoms with Crippen LogP contribution in [0.3, 0.4) is 0 Å². The van der Waals surface area contributed by atoms with Gasteiger partial charge in [0.25, 0.3) is 0 Å². The Labute approximate surface area is 163 Å². The summed E-state index contributed by atoms with van der Waals surface area (Å²) in [6, 6.07) is 12.8. The molecule has 0 spiro atoms. The number of fused-ring (bicyclic) bond motifs is 1. The van der Waals surface area contributed by atoms with Crippen LogP contribution < -0.4 is 15.4 Å². The van der Waals surface area contributed by atoms with Gasteiger partial charge in [-0.2, -0.15) is 0 Å². The molecule has 3 rings (SSSR count). The molecule has 7 heteroatoms. The van der Waals surface area contributed by atoms with Crippen molar-refractivity contribution in [3.05, 3.63) is 67.0 Å². The maximum absolute atomic E-state index is 11.8. The van der Waals surface area contributed by atoms with Crippen LogP contribution in [-0.2, 0) is 4.79 Å². The molecule has 0 unspecified atom stereocenters. The van der Waals surface area contributed by atoms with E-state index < -0.39 is 0 Å². The van der Waals surface area contributed by atoms with Gasteiger partial charge in [0.15, 0.2) is 0 Å². The number of carbonyl (C=O) groups excluding carboxylic acids is 1. The van der Waals surface area contributed by atoms with Crippen molar-refractivity contribution in [3.63, 3.8) is 0 Å². The molecule has 7 nitrogen and oxygen atoms in total. The highest BCUT2D eigenvalue weighted by Gasteiger charge is 2.16. The molecule has 1 amide bonds. The van der Waals surface area contributed by atoms with Crippen LogP contribution in [0.25, 0.3) is 10.9 Å². The van der Waals surface area contributed by atoms with Crippen LogP contribution >= 0.6 is 0 Å². The zero-order valence-electron chi connectivity index (χ0n) is 15.6. The Kier molecular flexibility index (Phi) is 6.18. The number of benzene rings is 2. The van der Waals surface area contributed by atoms with Crippen molar-refractivity contribution in [3.8, 4) is 5.75 Å². The van der Waals surface area contributed by atoms with Gasteiger partial charge in [-0.15, -0.1) is 0 Å². The number of anilines is 2. The van der Waals surface area contributed by atoms with Gasteiger partial charge in [-0.05, 0) is 24.6 Å². The second-order valence-corrected chi connectivity index (χ2v) is 6.00. The van der Waals surface area contributed by atoms with Gasteiger partial charge in [0.05, 0.1) is 30.5 Å². The minimum absolute atomic E-state index is 0.105. The van der Waals surface area contributed by atoms with E-state index in [1.807, 2.05) is 37.3 Å². The van der Waals surface area contributed by atoms with Gasteiger partial charge in [-0.1, -0.05) is 36.9 Å². The lowest BCUT2D eigenvalue weighted by atomic mass is 10.1. The number of rotatable bonds is 8. The van der Waals surface area contributed by atoms with E-state index in [0.29, 0.717) is 34.8 Å². The van der Waals surface area contributed by atoms with Crippen molar-refractivity contribution < 1.29 is 14.6 Å². The number of aromatic nitrogens is 2. The number of amides is 1. The van der Waals surface area contributed by atoms with E-state index in [4.69, 9.17) is 4.74 Å². The van der Waals surface area contributed by atoms with Gasteiger partial charge in [0.1, 0.15) is 17.9 Å². The number of nitrogens with zero attached hydrogens (tertiary/aromatic N) is 2. The molecule has 0 aliphatic heterocycles. The molecule has 0 fully saturated rings. The number of nitrogens with one attached hydrogen (secondary N) is 2. The molecular weight excluding hydrogens is 356 g/mol. The van der Waals surface area contributed by atoms with Gasteiger partial charge in [-0.3, -0.25) is 4.79 Å². The Balaban J connectivity index is 2.03. The molecule has 1 aromatic heterocycles. The lowest BCUT2D eigenvalue weighted by Gasteiger charge is -2.19. The van der Waals surface area contributed by atoms with E-state index in [-0.39, 0.29) is 18.6 Å². The van der Waals surface area contributed by atoms with Gasteiger partial charge >= 0.3 is 0 Å². The highest BCUT2D eigenvalue weighted by Crippen LogP contribution is 2.33. The molecule has 3 N–H and O–H groups in total. The summed E-state index contributed by atoms with van der Waals surface area (Å²) < 4.78 is 5.63. The zero-order valence-corrected chi connectivity index (χ0v) is 15.6. The van der Waals surface area contributed by atoms with Crippen LogP contribution in [0.2, 0.25) is 0 Å².